The van der Waals surface area contributed by atoms with Gasteiger partial charge in [-0.15, -0.1) is 0 Å². The number of ether oxygens (including phenoxy) is 1. The Bertz CT molecular complexity index is 798. The molecule has 0 saturated carbocycles. The van der Waals surface area contributed by atoms with Gasteiger partial charge in [-0.2, -0.15) is 0 Å². The van der Waals surface area contributed by atoms with Gasteiger partial charge in [-0.05, 0) is 36.8 Å². The van der Waals surface area contributed by atoms with E-state index >= 15 is 0 Å². The maximum Gasteiger partial charge on any atom is 0.193 e. The number of allylic oxidation sites excluding steroid dienone is 1. The van der Waals surface area contributed by atoms with Crippen LogP contribution < -0.4 is 15.4 Å². The van der Waals surface area contributed by atoms with Crippen molar-refractivity contribution in [3.8, 4) is 5.75 Å². The van der Waals surface area contributed by atoms with Crippen molar-refractivity contribution >= 4 is 23.1 Å². The minimum atomic E-state index is -0.294. The molecule has 2 N–H and O–H groups in total. The second-order valence-corrected chi connectivity index (χ2v) is 5.95. The van der Waals surface area contributed by atoms with E-state index in [1.807, 2.05) is 61.5 Å². The first-order chi connectivity index (χ1) is 11.6. The molecule has 0 fully saturated rings. The van der Waals surface area contributed by atoms with Gasteiger partial charge < -0.3 is 15.4 Å². The molecule has 0 spiro atoms. The van der Waals surface area contributed by atoms with Crippen LogP contribution in [0.2, 0.25) is 0 Å². The fourth-order valence-corrected chi connectivity index (χ4v) is 3.06. The molecule has 2 aromatic rings. The number of benzene rings is 2. The van der Waals surface area contributed by atoms with Crippen LogP contribution in [0.25, 0.3) is 0 Å². The number of methoxy groups -OCH3 is 1. The summed E-state index contributed by atoms with van der Waals surface area (Å²) in [5.74, 6) is 0.753. The van der Waals surface area contributed by atoms with Crippen molar-refractivity contribution in [2.45, 2.75) is 13.0 Å². The number of Topliss-reactive ketones (excluding diaryl/α,β-unsaturated/α-hetero) is 1. The Morgan fingerprint density at radius 3 is 2.38 bits per heavy atom. The highest BCUT2D eigenvalue weighted by atomic mass is 32.1. The second kappa shape index (κ2) is 6.84. The van der Waals surface area contributed by atoms with E-state index in [4.69, 9.17) is 17.0 Å². The Balaban J connectivity index is 2.03. The zero-order valence-electron chi connectivity index (χ0n) is 13.5. The van der Waals surface area contributed by atoms with E-state index in [9.17, 15) is 4.79 Å². The monoisotopic (exact) mass is 338 g/mol. The van der Waals surface area contributed by atoms with Crippen LogP contribution >= 0.6 is 12.2 Å². The van der Waals surface area contributed by atoms with Crippen molar-refractivity contribution in [3.63, 3.8) is 0 Å². The maximum atomic E-state index is 13.0. The highest BCUT2D eigenvalue weighted by Gasteiger charge is 2.30. The summed E-state index contributed by atoms with van der Waals surface area (Å²) in [6, 6.07) is 16.6. The number of nitrogens with one attached hydrogen (secondary N) is 2. The van der Waals surface area contributed by atoms with Crippen molar-refractivity contribution < 1.29 is 9.53 Å². The van der Waals surface area contributed by atoms with Crippen LogP contribution in [-0.2, 0) is 0 Å². The van der Waals surface area contributed by atoms with Gasteiger partial charge in [-0.1, -0.05) is 42.5 Å². The summed E-state index contributed by atoms with van der Waals surface area (Å²) >= 11 is 5.27. The number of hydrogen-bond acceptors (Lipinski definition) is 3. The predicted molar refractivity (Wildman–Crippen MR) is 98.1 cm³/mol. The molecule has 24 heavy (non-hydrogen) atoms. The molecule has 1 aliphatic rings. The quantitative estimate of drug-likeness (QED) is 0.661. The molecular formula is C19H18N2O2S. The van der Waals surface area contributed by atoms with Crippen molar-refractivity contribution in [1.29, 1.82) is 0 Å². The van der Waals surface area contributed by atoms with Crippen LogP contribution in [0, 0.1) is 0 Å². The van der Waals surface area contributed by atoms with E-state index in [0.29, 0.717) is 16.2 Å². The second-order valence-electron chi connectivity index (χ2n) is 5.54. The average Bonchev–Trinajstić information content (AvgIpc) is 2.61. The number of thiocarbonyl (C=S) groups is 1. The fraction of sp³-hybridized carbons (Fsp3) is 0.158. The van der Waals surface area contributed by atoms with Crippen molar-refractivity contribution in [2.75, 3.05) is 7.11 Å². The molecule has 0 aliphatic carbocycles. The van der Waals surface area contributed by atoms with Gasteiger partial charge in [0, 0.05) is 16.8 Å². The molecule has 0 radical (unpaired) electrons. The smallest absolute Gasteiger partial charge is 0.193 e. The van der Waals surface area contributed by atoms with E-state index in [1.165, 1.54) is 0 Å². The SMILES string of the molecule is COc1ccc([C@H]2NC(=S)NC(C)=C2C(=O)c2ccccc2)cc1. The molecule has 0 saturated heterocycles. The van der Waals surface area contributed by atoms with Crippen LogP contribution in [0.15, 0.2) is 65.9 Å². The summed E-state index contributed by atoms with van der Waals surface area (Å²) in [6.07, 6.45) is 0. The Kier molecular flexibility index (Phi) is 4.62. The number of carbonyl (C=O) groups is 1. The molecule has 0 amide bonds. The van der Waals surface area contributed by atoms with Crippen LogP contribution in [-0.4, -0.2) is 18.0 Å². The molecule has 0 unspecified atom stereocenters. The van der Waals surface area contributed by atoms with E-state index in [2.05, 4.69) is 10.6 Å². The molecule has 1 atom stereocenters. The average molecular weight is 338 g/mol. The number of hydrogen-bond donors (Lipinski definition) is 2. The van der Waals surface area contributed by atoms with Crippen molar-refractivity contribution in [1.82, 2.24) is 10.6 Å². The first-order valence-electron chi connectivity index (χ1n) is 7.62. The minimum absolute atomic E-state index is 0.0172. The van der Waals surface area contributed by atoms with Gasteiger partial charge in [0.15, 0.2) is 10.9 Å². The number of ketones is 1. The third kappa shape index (κ3) is 3.16. The van der Waals surface area contributed by atoms with Crippen molar-refractivity contribution in [2.24, 2.45) is 0 Å². The third-order valence-electron chi connectivity index (χ3n) is 4.00. The summed E-state index contributed by atoms with van der Waals surface area (Å²) in [5, 5.41) is 6.77. The molecule has 2 aromatic carbocycles. The first-order valence-corrected chi connectivity index (χ1v) is 8.03. The number of rotatable bonds is 4. The lowest BCUT2D eigenvalue weighted by Gasteiger charge is -2.30. The van der Waals surface area contributed by atoms with E-state index in [1.54, 1.807) is 7.11 Å². The summed E-state index contributed by atoms with van der Waals surface area (Å²) in [5.41, 5.74) is 3.05. The molecule has 4 nitrogen and oxygen atoms in total. The van der Waals surface area contributed by atoms with Gasteiger partial charge in [0.05, 0.1) is 13.2 Å². The van der Waals surface area contributed by atoms with Gasteiger partial charge in [0.2, 0.25) is 0 Å². The summed E-state index contributed by atoms with van der Waals surface area (Å²) in [6.45, 7) is 1.87. The molecular weight excluding hydrogens is 320 g/mol. The molecule has 1 heterocycles. The standard InChI is InChI=1S/C19H18N2O2S/c1-12-16(18(22)14-6-4-3-5-7-14)17(21-19(24)20-12)13-8-10-15(23-2)11-9-13/h3-11,17H,1-2H3,(H2,20,21,24)/t17-/m1/s1. The maximum absolute atomic E-state index is 13.0. The Morgan fingerprint density at radius 1 is 1.08 bits per heavy atom. The van der Waals surface area contributed by atoms with E-state index in [-0.39, 0.29) is 11.8 Å². The summed E-state index contributed by atoms with van der Waals surface area (Å²) < 4.78 is 5.20. The highest BCUT2D eigenvalue weighted by Crippen LogP contribution is 2.30. The van der Waals surface area contributed by atoms with Gasteiger partial charge in [-0.3, -0.25) is 4.79 Å². The van der Waals surface area contributed by atoms with Gasteiger partial charge in [-0.25, -0.2) is 0 Å². The van der Waals surface area contributed by atoms with Crippen LogP contribution in [0.5, 0.6) is 5.75 Å². The third-order valence-corrected chi connectivity index (χ3v) is 4.22. The van der Waals surface area contributed by atoms with Gasteiger partial charge >= 0.3 is 0 Å². The van der Waals surface area contributed by atoms with Crippen molar-refractivity contribution in [3.05, 3.63) is 77.0 Å². The topological polar surface area (TPSA) is 50.4 Å². The molecule has 3 rings (SSSR count). The molecule has 0 bridgehead atoms. The molecule has 0 aromatic heterocycles. The largest absolute Gasteiger partial charge is 0.497 e. The van der Waals surface area contributed by atoms with Gasteiger partial charge in [0.1, 0.15) is 5.75 Å². The first kappa shape index (κ1) is 16.2. The minimum Gasteiger partial charge on any atom is -0.497 e. The summed E-state index contributed by atoms with van der Waals surface area (Å²) in [7, 11) is 1.63. The predicted octanol–water partition coefficient (Wildman–Crippen LogP) is 3.37. The molecule has 5 heteroatoms. The Hall–Kier alpha value is -2.66. The lowest BCUT2D eigenvalue weighted by atomic mass is 9.90. The van der Waals surface area contributed by atoms with Gasteiger partial charge in [0.25, 0.3) is 0 Å². The zero-order valence-corrected chi connectivity index (χ0v) is 14.3. The fourth-order valence-electron chi connectivity index (χ4n) is 2.79. The lowest BCUT2D eigenvalue weighted by Crippen LogP contribution is -2.44. The Morgan fingerprint density at radius 2 is 1.75 bits per heavy atom. The van der Waals surface area contributed by atoms with Crippen LogP contribution in [0.4, 0.5) is 0 Å². The summed E-state index contributed by atoms with van der Waals surface area (Å²) in [4.78, 5) is 13.0. The number of carbonyl (C=O) groups excluding carboxylic acids is 1. The van der Waals surface area contributed by atoms with Crippen LogP contribution in [0.1, 0.15) is 28.9 Å². The normalized spacial score (nSPS) is 17.1. The molecule has 1 aliphatic heterocycles. The highest BCUT2D eigenvalue weighted by molar-refractivity contribution is 7.80. The molecule has 122 valence electrons. The van der Waals surface area contributed by atoms with E-state index < -0.39 is 0 Å². The van der Waals surface area contributed by atoms with Crippen LogP contribution in [0.3, 0.4) is 0 Å². The Labute approximate surface area is 146 Å². The zero-order chi connectivity index (χ0) is 17.1. The lowest BCUT2D eigenvalue weighted by molar-refractivity contribution is 0.102. The van der Waals surface area contributed by atoms with E-state index in [0.717, 1.165) is 17.0 Å².